The molecule has 2 N–H and O–H groups in total. The van der Waals surface area contributed by atoms with Crippen molar-refractivity contribution in [1.29, 1.82) is 0 Å². The second-order valence-electron chi connectivity index (χ2n) is 1.99. The van der Waals surface area contributed by atoms with Crippen molar-refractivity contribution in [2.24, 2.45) is 5.73 Å². The van der Waals surface area contributed by atoms with Gasteiger partial charge in [0.25, 0.3) is 0 Å². The average molecular weight is 132 g/mol. The van der Waals surface area contributed by atoms with Gasteiger partial charge in [0.2, 0.25) is 0 Å². The summed E-state index contributed by atoms with van der Waals surface area (Å²) in [5.41, 5.74) is 7.03. The SMILES string of the molecule is [C-]#[N+]c1cccc(CN)c1. The van der Waals surface area contributed by atoms with Crippen LogP contribution in [0.4, 0.5) is 5.69 Å². The third-order valence-electron chi connectivity index (χ3n) is 1.28. The third-order valence-corrected chi connectivity index (χ3v) is 1.28. The Hall–Kier alpha value is -1.33. The summed E-state index contributed by atoms with van der Waals surface area (Å²) in [6.45, 7) is 7.20. The third kappa shape index (κ3) is 1.34. The lowest BCUT2D eigenvalue weighted by atomic mass is 10.2. The Morgan fingerprint density at radius 2 is 2.30 bits per heavy atom. The lowest BCUT2D eigenvalue weighted by molar-refractivity contribution is 1.07. The smallest absolute Gasteiger partial charge is 0.187 e. The standard InChI is InChI=1S/C8H8N2/c1-10-8-4-2-3-7(5-8)6-9/h2-5H,6,9H2. The first-order chi connectivity index (χ1) is 4.86. The van der Waals surface area contributed by atoms with Crippen LogP contribution in [0.1, 0.15) is 5.56 Å². The molecule has 0 saturated carbocycles. The Bertz CT molecular complexity index is 260. The van der Waals surface area contributed by atoms with Crippen LogP contribution in [-0.2, 0) is 6.54 Å². The maximum Gasteiger partial charge on any atom is 0.187 e. The predicted octanol–water partition coefficient (Wildman–Crippen LogP) is 1.70. The van der Waals surface area contributed by atoms with Crippen LogP contribution in [0, 0.1) is 6.57 Å². The van der Waals surface area contributed by atoms with Gasteiger partial charge in [0.05, 0.1) is 6.57 Å². The van der Waals surface area contributed by atoms with Crippen molar-refractivity contribution < 1.29 is 0 Å². The van der Waals surface area contributed by atoms with E-state index in [2.05, 4.69) is 4.85 Å². The molecule has 10 heavy (non-hydrogen) atoms. The summed E-state index contributed by atoms with van der Waals surface area (Å²) >= 11 is 0. The first-order valence-corrected chi connectivity index (χ1v) is 3.03. The van der Waals surface area contributed by atoms with Gasteiger partial charge in [-0.05, 0) is 5.56 Å². The number of benzene rings is 1. The van der Waals surface area contributed by atoms with Gasteiger partial charge in [-0.25, -0.2) is 4.85 Å². The molecule has 0 spiro atoms. The van der Waals surface area contributed by atoms with E-state index in [1.54, 1.807) is 12.1 Å². The molecular formula is C8H8N2. The molecule has 0 atom stereocenters. The minimum Gasteiger partial charge on any atom is -0.327 e. The molecule has 0 fully saturated rings. The molecule has 0 amide bonds. The van der Waals surface area contributed by atoms with Crippen LogP contribution in [0.25, 0.3) is 4.85 Å². The average Bonchev–Trinajstić information content (AvgIpc) is 2.05. The number of hydrogen-bond acceptors (Lipinski definition) is 1. The molecule has 0 radical (unpaired) electrons. The Kier molecular flexibility index (Phi) is 2.03. The second-order valence-corrected chi connectivity index (χ2v) is 1.99. The molecule has 1 aromatic carbocycles. The van der Waals surface area contributed by atoms with Gasteiger partial charge in [-0.15, -0.1) is 0 Å². The molecule has 0 saturated heterocycles. The number of hydrogen-bond donors (Lipinski definition) is 1. The summed E-state index contributed by atoms with van der Waals surface area (Å²) in [6, 6.07) is 7.32. The van der Waals surface area contributed by atoms with E-state index in [1.807, 2.05) is 12.1 Å². The van der Waals surface area contributed by atoms with Crippen molar-refractivity contribution >= 4 is 5.69 Å². The molecule has 0 aliphatic heterocycles. The lowest BCUT2D eigenvalue weighted by Gasteiger charge is -1.94. The van der Waals surface area contributed by atoms with Crippen molar-refractivity contribution in [3.63, 3.8) is 0 Å². The van der Waals surface area contributed by atoms with E-state index in [1.165, 1.54) is 0 Å². The van der Waals surface area contributed by atoms with Gasteiger partial charge in [-0.3, -0.25) is 0 Å². The summed E-state index contributed by atoms with van der Waals surface area (Å²) in [5, 5.41) is 0. The highest BCUT2D eigenvalue weighted by Crippen LogP contribution is 2.12. The fraction of sp³-hybridized carbons (Fsp3) is 0.125. The summed E-state index contributed by atoms with van der Waals surface area (Å²) in [4.78, 5) is 3.27. The highest BCUT2D eigenvalue weighted by molar-refractivity contribution is 5.46. The first kappa shape index (κ1) is 6.79. The molecule has 1 rings (SSSR count). The minimum atomic E-state index is 0.503. The first-order valence-electron chi connectivity index (χ1n) is 3.03. The van der Waals surface area contributed by atoms with Crippen molar-refractivity contribution in [3.8, 4) is 0 Å². The normalized spacial score (nSPS) is 8.80. The Morgan fingerprint density at radius 1 is 1.50 bits per heavy atom. The van der Waals surface area contributed by atoms with Crippen molar-refractivity contribution in [3.05, 3.63) is 41.2 Å². The zero-order valence-electron chi connectivity index (χ0n) is 5.54. The van der Waals surface area contributed by atoms with Gasteiger partial charge in [0, 0.05) is 6.54 Å². The van der Waals surface area contributed by atoms with Gasteiger partial charge >= 0.3 is 0 Å². The molecule has 2 nitrogen and oxygen atoms in total. The monoisotopic (exact) mass is 132 g/mol. The number of nitrogens with two attached hydrogens (primary N) is 1. The van der Waals surface area contributed by atoms with Crippen LogP contribution in [-0.4, -0.2) is 0 Å². The van der Waals surface area contributed by atoms with Crippen LogP contribution in [0.15, 0.2) is 24.3 Å². The van der Waals surface area contributed by atoms with Gasteiger partial charge in [-0.1, -0.05) is 24.3 Å². The van der Waals surface area contributed by atoms with Crippen LogP contribution in [0.2, 0.25) is 0 Å². The van der Waals surface area contributed by atoms with Crippen LogP contribution in [0.5, 0.6) is 0 Å². The molecule has 0 bridgehead atoms. The fourth-order valence-electron chi connectivity index (χ4n) is 0.753. The maximum atomic E-state index is 6.70. The molecule has 0 heterocycles. The fourth-order valence-corrected chi connectivity index (χ4v) is 0.753. The van der Waals surface area contributed by atoms with E-state index in [9.17, 15) is 0 Å². The number of rotatable bonds is 1. The Labute approximate surface area is 60.1 Å². The minimum absolute atomic E-state index is 0.503. The van der Waals surface area contributed by atoms with E-state index < -0.39 is 0 Å². The molecule has 0 aliphatic carbocycles. The summed E-state index contributed by atoms with van der Waals surface area (Å²) in [6.07, 6.45) is 0. The van der Waals surface area contributed by atoms with Crippen molar-refractivity contribution in [2.75, 3.05) is 0 Å². The molecule has 0 unspecified atom stereocenters. The second kappa shape index (κ2) is 3.00. The van der Waals surface area contributed by atoms with Gasteiger partial charge in [-0.2, -0.15) is 0 Å². The predicted molar refractivity (Wildman–Crippen MR) is 40.6 cm³/mol. The molecule has 2 heteroatoms. The molecule has 1 aromatic rings. The molecule has 50 valence electrons. The van der Waals surface area contributed by atoms with E-state index in [0.717, 1.165) is 5.56 Å². The summed E-state index contributed by atoms with van der Waals surface area (Å²) < 4.78 is 0. The van der Waals surface area contributed by atoms with E-state index >= 15 is 0 Å². The highest BCUT2D eigenvalue weighted by atomic mass is 14.6. The zero-order valence-corrected chi connectivity index (χ0v) is 5.54. The van der Waals surface area contributed by atoms with E-state index in [0.29, 0.717) is 12.2 Å². The van der Waals surface area contributed by atoms with Gasteiger partial charge in [0.15, 0.2) is 5.69 Å². The van der Waals surface area contributed by atoms with E-state index in [4.69, 9.17) is 12.3 Å². The summed E-state index contributed by atoms with van der Waals surface area (Å²) in [5.74, 6) is 0. The molecular weight excluding hydrogens is 124 g/mol. The zero-order chi connectivity index (χ0) is 7.40. The highest BCUT2D eigenvalue weighted by Gasteiger charge is 1.90. The van der Waals surface area contributed by atoms with Crippen molar-refractivity contribution in [2.45, 2.75) is 6.54 Å². The van der Waals surface area contributed by atoms with Gasteiger partial charge < -0.3 is 5.73 Å². The quantitative estimate of drug-likeness (QED) is 0.579. The summed E-state index contributed by atoms with van der Waals surface area (Å²) in [7, 11) is 0. The van der Waals surface area contributed by atoms with E-state index in [-0.39, 0.29) is 0 Å². The Morgan fingerprint density at radius 3 is 2.90 bits per heavy atom. The molecule has 0 aliphatic rings. The molecule has 0 aromatic heterocycles. The van der Waals surface area contributed by atoms with Crippen LogP contribution >= 0.6 is 0 Å². The van der Waals surface area contributed by atoms with Crippen molar-refractivity contribution in [1.82, 2.24) is 0 Å². The van der Waals surface area contributed by atoms with Crippen LogP contribution < -0.4 is 5.73 Å². The Balaban J connectivity index is 3.01. The van der Waals surface area contributed by atoms with Crippen LogP contribution in [0.3, 0.4) is 0 Å². The lowest BCUT2D eigenvalue weighted by Crippen LogP contribution is -1.94. The number of nitrogens with zero attached hydrogens (tertiary/aromatic N) is 1. The van der Waals surface area contributed by atoms with Gasteiger partial charge in [0.1, 0.15) is 0 Å². The largest absolute Gasteiger partial charge is 0.327 e. The topological polar surface area (TPSA) is 30.4 Å². The maximum absolute atomic E-state index is 6.70.